The molecule has 0 bridgehead atoms. The Bertz CT molecular complexity index is 585. The predicted octanol–water partition coefficient (Wildman–Crippen LogP) is 4.84. The number of aliphatic hydroxyl groups is 1. The maximum atomic E-state index is 12.3. The highest BCUT2D eigenvalue weighted by molar-refractivity contribution is 5.79. The van der Waals surface area contributed by atoms with E-state index in [1.807, 2.05) is 6.92 Å². The SMILES string of the molecule is CC(=O)C1CCC2C3CC4CC5CC(O)CCC(C)(C3CCC12C)C54. The second-order valence-electron chi connectivity index (χ2n) is 11.1. The van der Waals surface area contributed by atoms with Crippen LogP contribution in [0, 0.1) is 52.3 Å². The molecule has 0 aromatic heterocycles. The molecule has 5 aliphatic carbocycles. The van der Waals surface area contributed by atoms with Gasteiger partial charge in [-0.1, -0.05) is 13.8 Å². The molecule has 0 aromatic rings. The molecule has 0 spiro atoms. The first-order chi connectivity index (χ1) is 11.8. The van der Waals surface area contributed by atoms with E-state index in [-0.39, 0.29) is 11.5 Å². The van der Waals surface area contributed by atoms with Crippen molar-refractivity contribution in [1.82, 2.24) is 0 Å². The van der Waals surface area contributed by atoms with Crippen molar-refractivity contribution < 1.29 is 9.90 Å². The topological polar surface area (TPSA) is 37.3 Å². The van der Waals surface area contributed by atoms with Crippen LogP contribution >= 0.6 is 0 Å². The normalized spacial score (nSPS) is 59.8. The van der Waals surface area contributed by atoms with Crippen molar-refractivity contribution in [2.24, 2.45) is 52.3 Å². The van der Waals surface area contributed by atoms with Crippen LogP contribution in [0.1, 0.15) is 78.6 Å². The first-order valence-corrected chi connectivity index (χ1v) is 11.0. The number of fused-ring (bicyclic) bond motifs is 4. The summed E-state index contributed by atoms with van der Waals surface area (Å²) in [7, 11) is 0. The molecule has 0 heterocycles. The molecule has 0 aromatic carbocycles. The Balaban J connectivity index is 1.48. The van der Waals surface area contributed by atoms with E-state index in [4.69, 9.17) is 0 Å². The Labute approximate surface area is 153 Å². The summed E-state index contributed by atoms with van der Waals surface area (Å²) in [6.07, 6.45) is 11.1. The lowest BCUT2D eigenvalue weighted by Gasteiger charge is -2.66. The largest absolute Gasteiger partial charge is 0.393 e. The Morgan fingerprint density at radius 2 is 1.56 bits per heavy atom. The van der Waals surface area contributed by atoms with Gasteiger partial charge in [-0.15, -0.1) is 0 Å². The van der Waals surface area contributed by atoms with E-state index in [1.165, 1.54) is 38.5 Å². The molecule has 10 unspecified atom stereocenters. The summed E-state index contributed by atoms with van der Waals surface area (Å²) < 4.78 is 0. The lowest BCUT2D eigenvalue weighted by Crippen LogP contribution is -2.59. The van der Waals surface area contributed by atoms with Crippen molar-refractivity contribution in [3.63, 3.8) is 0 Å². The summed E-state index contributed by atoms with van der Waals surface area (Å²) in [5.41, 5.74) is 0.743. The molecule has 5 rings (SSSR count). The van der Waals surface area contributed by atoms with Crippen LogP contribution in [-0.4, -0.2) is 17.0 Å². The van der Waals surface area contributed by atoms with Crippen LogP contribution in [0.3, 0.4) is 0 Å². The fourth-order valence-corrected chi connectivity index (χ4v) is 9.43. The molecule has 0 aliphatic heterocycles. The number of hydrogen-bond acceptors (Lipinski definition) is 2. The van der Waals surface area contributed by atoms with Crippen LogP contribution in [0.25, 0.3) is 0 Å². The minimum Gasteiger partial charge on any atom is -0.393 e. The highest BCUT2D eigenvalue weighted by Gasteiger charge is 2.65. The number of carbonyl (C=O) groups excluding carboxylic acids is 1. The van der Waals surface area contributed by atoms with Gasteiger partial charge < -0.3 is 5.11 Å². The molecule has 0 amide bonds. The minimum absolute atomic E-state index is 0.0470. The van der Waals surface area contributed by atoms with Crippen molar-refractivity contribution in [2.45, 2.75) is 84.7 Å². The number of rotatable bonds is 1. The summed E-state index contributed by atoms with van der Waals surface area (Å²) in [6, 6.07) is 0. The van der Waals surface area contributed by atoms with Gasteiger partial charge in [0.05, 0.1) is 6.10 Å². The minimum atomic E-state index is -0.0470. The van der Waals surface area contributed by atoms with Crippen LogP contribution in [0.4, 0.5) is 0 Å². The highest BCUT2D eigenvalue weighted by atomic mass is 16.3. The second kappa shape index (κ2) is 5.33. The van der Waals surface area contributed by atoms with Crippen LogP contribution in [0.5, 0.6) is 0 Å². The van der Waals surface area contributed by atoms with E-state index < -0.39 is 0 Å². The van der Waals surface area contributed by atoms with E-state index >= 15 is 0 Å². The average molecular weight is 345 g/mol. The number of ketones is 1. The van der Waals surface area contributed by atoms with Crippen LogP contribution in [-0.2, 0) is 4.79 Å². The third-order valence-corrected chi connectivity index (χ3v) is 10.3. The van der Waals surface area contributed by atoms with Gasteiger partial charge in [0.15, 0.2) is 0 Å². The van der Waals surface area contributed by atoms with Gasteiger partial charge in [-0.25, -0.2) is 0 Å². The molecule has 5 aliphatic rings. The first-order valence-electron chi connectivity index (χ1n) is 11.0. The zero-order chi connectivity index (χ0) is 17.6. The molecule has 2 nitrogen and oxygen atoms in total. The van der Waals surface area contributed by atoms with E-state index in [2.05, 4.69) is 13.8 Å². The summed E-state index contributed by atoms with van der Waals surface area (Å²) in [5.74, 6) is 5.87. The molecular weight excluding hydrogens is 308 g/mol. The van der Waals surface area contributed by atoms with Gasteiger partial charge in [-0.2, -0.15) is 0 Å². The third-order valence-electron chi connectivity index (χ3n) is 10.3. The van der Waals surface area contributed by atoms with Crippen molar-refractivity contribution in [3.05, 3.63) is 0 Å². The maximum absolute atomic E-state index is 12.3. The summed E-state index contributed by atoms with van der Waals surface area (Å²) >= 11 is 0. The van der Waals surface area contributed by atoms with Gasteiger partial charge in [-0.3, -0.25) is 4.79 Å². The summed E-state index contributed by atoms with van der Waals surface area (Å²) in [6.45, 7) is 6.90. The van der Waals surface area contributed by atoms with Crippen LogP contribution in [0.15, 0.2) is 0 Å². The first kappa shape index (κ1) is 16.8. The van der Waals surface area contributed by atoms with Gasteiger partial charge in [-0.05, 0) is 111 Å². The smallest absolute Gasteiger partial charge is 0.133 e. The lowest BCUT2D eigenvalue weighted by molar-refractivity contribution is -0.177. The molecule has 140 valence electrons. The number of aliphatic hydroxyl groups excluding tert-OH is 1. The van der Waals surface area contributed by atoms with Crippen molar-refractivity contribution in [1.29, 1.82) is 0 Å². The van der Waals surface area contributed by atoms with Crippen LogP contribution < -0.4 is 0 Å². The Morgan fingerprint density at radius 3 is 2.32 bits per heavy atom. The number of Topliss-reactive ketones (excluding diaryl/α,β-unsaturated/α-hetero) is 1. The second-order valence-corrected chi connectivity index (χ2v) is 11.1. The molecule has 5 fully saturated rings. The Kier molecular flexibility index (Phi) is 3.58. The zero-order valence-electron chi connectivity index (χ0n) is 16.3. The monoisotopic (exact) mass is 344 g/mol. The van der Waals surface area contributed by atoms with Crippen molar-refractivity contribution >= 4 is 5.78 Å². The molecule has 0 radical (unpaired) electrons. The quantitative estimate of drug-likeness (QED) is 0.739. The van der Waals surface area contributed by atoms with E-state index in [9.17, 15) is 9.90 Å². The van der Waals surface area contributed by atoms with Gasteiger partial charge in [0.25, 0.3) is 0 Å². The van der Waals surface area contributed by atoms with Crippen molar-refractivity contribution in [2.75, 3.05) is 0 Å². The van der Waals surface area contributed by atoms with Gasteiger partial charge in [0, 0.05) is 5.92 Å². The molecule has 2 heteroatoms. The highest BCUT2D eigenvalue weighted by Crippen LogP contribution is 2.72. The molecule has 5 saturated carbocycles. The average Bonchev–Trinajstić information content (AvgIpc) is 2.83. The third kappa shape index (κ3) is 2.10. The summed E-state index contributed by atoms with van der Waals surface area (Å²) in [4.78, 5) is 12.3. The molecule has 1 N–H and O–H groups in total. The Hall–Kier alpha value is -0.370. The standard InChI is InChI=1S/C23H36O2/c1-13(24)18-4-5-19-17-12-15-10-14-11-16(25)6-8-23(3,21(14)15)20(17)7-9-22(18,19)2/h14-21,25H,4-12H2,1-3H3. The van der Waals surface area contributed by atoms with E-state index in [1.54, 1.807) is 0 Å². The molecule has 10 atom stereocenters. The number of carbonyl (C=O) groups is 1. The molecule has 0 saturated heterocycles. The van der Waals surface area contributed by atoms with Crippen molar-refractivity contribution in [3.8, 4) is 0 Å². The molecule has 25 heavy (non-hydrogen) atoms. The van der Waals surface area contributed by atoms with E-state index in [0.29, 0.717) is 17.1 Å². The predicted molar refractivity (Wildman–Crippen MR) is 98.9 cm³/mol. The zero-order valence-corrected chi connectivity index (χ0v) is 16.3. The fourth-order valence-electron chi connectivity index (χ4n) is 9.43. The lowest BCUT2D eigenvalue weighted by atomic mass is 9.39. The number of hydrogen-bond donors (Lipinski definition) is 1. The van der Waals surface area contributed by atoms with Crippen LogP contribution in [0.2, 0.25) is 0 Å². The Morgan fingerprint density at radius 1 is 0.880 bits per heavy atom. The van der Waals surface area contributed by atoms with Gasteiger partial charge in [0.2, 0.25) is 0 Å². The molecular formula is C23H36O2. The fraction of sp³-hybridized carbons (Fsp3) is 0.957. The van der Waals surface area contributed by atoms with Gasteiger partial charge in [0.1, 0.15) is 5.78 Å². The maximum Gasteiger partial charge on any atom is 0.133 e. The summed E-state index contributed by atoms with van der Waals surface area (Å²) in [5, 5.41) is 10.4. The van der Waals surface area contributed by atoms with E-state index in [0.717, 1.165) is 54.8 Å². The van der Waals surface area contributed by atoms with Gasteiger partial charge >= 0.3 is 0 Å².